The van der Waals surface area contributed by atoms with Gasteiger partial charge in [-0.3, -0.25) is 5.10 Å². The molecule has 0 atom stereocenters. The van der Waals surface area contributed by atoms with Crippen molar-refractivity contribution < 1.29 is 18.3 Å². The number of carboxylic acid groups (broad SMARTS) is 1. The number of sulfonamides is 1. The van der Waals surface area contributed by atoms with Gasteiger partial charge in [-0.05, 0) is 18.8 Å². The number of H-pyrrole nitrogens is 1. The van der Waals surface area contributed by atoms with Crippen molar-refractivity contribution in [2.45, 2.75) is 31.2 Å². The molecule has 0 amide bonds. The van der Waals surface area contributed by atoms with Gasteiger partial charge in [-0.15, -0.1) is 0 Å². The highest BCUT2D eigenvalue weighted by Crippen LogP contribution is 2.25. The Morgan fingerprint density at radius 2 is 2.16 bits per heavy atom. The van der Waals surface area contributed by atoms with E-state index in [1.165, 1.54) is 4.31 Å². The number of hydrogen-bond acceptors (Lipinski definition) is 4. The number of rotatable bonds is 4. The average Bonchev–Trinajstić information content (AvgIpc) is 2.89. The van der Waals surface area contributed by atoms with Crippen LogP contribution in [0.2, 0.25) is 0 Å². The molecular formula is C11H17N3O4S. The number of piperidine rings is 1. The largest absolute Gasteiger partial charge is 0.478 e. The molecule has 0 unspecified atom stereocenters. The zero-order valence-corrected chi connectivity index (χ0v) is 11.5. The van der Waals surface area contributed by atoms with Crippen molar-refractivity contribution in [2.24, 2.45) is 5.92 Å². The second kappa shape index (κ2) is 5.30. The van der Waals surface area contributed by atoms with Crippen molar-refractivity contribution in [1.29, 1.82) is 0 Å². The first-order chi connectivity index (χ1) is 8.96. The van der Waals surface area contributed by atoms with Gasteiger partial charge in [0, 0.05) is 13.1 Å². The van der Waals surface area contributed by atoms with Gasteiger partial charge in [-0.1, -0.05) is 13.3 Å². The Kier molecular flexibility index (Phi) is 3.91. The van der Waals surface area contributed by atoms with Crippen LogP contribution in [0, 0.1) is 5.92 Å². The fourth-order valence-corrected chi connectivity index (χ4v) is 3.85. The molecule has 0 saturated carbocycles. The van der Waals surface area contributed by atoms with Crippen molar-refractivity contribution in [3.8, 4) is 0 Å². The lowest BCUT2D eigenvalue weighted by Crippen LogP contribution is -2.39. The zero-order valence-electron chi connectivity index (χ0n) is 10.7. The molecule has 8 heteroatoms. The van der Waals surface area contributed by atoms with Crippen molar-refractivity contribution >= 4 is 16.0 Å². The van der Waals surface area contributed by atoms with Crippen molar-refractivity contribution in [3.63, 3.8) is 0 Å². The number of hydrogen-bond donors (Lipinski definition) is 2. The van der Waals surface area contributed by atoms with E-state index in [-0.39, 0.29) is 10.6 Å². The SMILES string of the molecule is CCC1CCN(S(=O)(=O)c2[nH]ncc2C(=O)O)CC1. The van der Waals surface area contributed by atoms with E-state index in [1.54, 1.807) is 0 Å². The van der Waals surface area contributed by atoms with E-state index in [0.717, 1.165) is 25.5 Å². The molecule has 0 spiro atoms. The molecule has 0 radical (unpaired) electrons. The van der Waals surface area contributed by atoms with Gasteiger partial charge in [0.15, 0.2) is 5.03 Å². The summed E-state index contributed by atoms with van der Waals surface area (Å²) in [6, 6.07) is 0. The minimum absolute atomic E-state index is 0.308. The summed E-state index contributed by atoms with van der Waals surface area (Å²) in [4.78, 5) is 11.0. The highest BCUT2D eigenvalue weighted by Gasteiger charge is 2.33. The molecule has 2 N–H and O–H groups in total. The Morgan fingerprint density at radius 3 is 2.68 bits per heavy atom. The lowest BCUT2D eigenvalue weighted by Gasteiger charge is -2.30. The van der Waals surface area contributed by atoms with Crippen LogP contribution in [-0.2, 0) is 10.0 Å². The van der Waals surface area contributed by atoms with Gasteiger partial charge < -0.3 is 5.11 Å². The molecular weight excluding hydrogens is 270 g/mol. The van der Waals surface area contributed by atoms with Gasteiger partial charge in [0.25, 0.3) is 10.0 Å². The number of aromatic nitrogens is 2. The first kappa shape index (κ1) is 14.0. The predicted octanol–water partition coefficient (Wildman–Crippen LogP) is 0.919. The Morgan fingerprint density at radius 1 is 1.53 bits per heavy atom. The van der Waals surface area contributed by atoms with Crippen LogP contribution in [0.25, 0.3) is 0 Å². The monoisotopic (exact) mass is 287 g/mol. The summed E-state index contributed by atoms with van der Waals surface area (Å²) in [7, 11) is -3.79. The standard InChI is InChI=1S/C11H17N3O4S/c1-2-8-3-5-14(6-4-8)19(17,18)10-9(11(15)16)7-12-13-10/h7-8H,2-6H2,1H3,(H,12,13)(H,15,16). The third-order valence-corrected chi connectivity index (χ3v) is 5.46. The van der Waals surface area contributed by atoms with Gasteiger partial charge in [-0.2, -0.15) is 9.40 Å². The molecule has 0 aliphatic carbocycles. The molecule has 1 aromatic heterocycles. The molecule has 1 saturated heterocycles. The Balaban J connectivity index is 2.23. The fraction of sp³-hybridized carbons (Fsp3) is 0.636. The minimum Gasteiger partial charge on any atom is -0.478 e. The average molecular weight is 287 g/mol. The summed E-state index contributed by atoms with van der Waals surface area (Å²) in [5, 5.41) is 14.4. The molecule has 0 aromatic carbocycles. The molecule has 1 aromatic rings. The quantitative estimate of drug-likeness (QED) is 0.857. The topological polar surface area (TPSA) is 103 Å². The van der Waals surface area contributed by atoms with Gasteiger partial charge in [0.2, 0.25) is 0 Å². The van der Waals surface area contributed by atoms with Crippen molar-refractivity contribution in [2.75, 3.05) is 13.1 Å². The molecule has 1 aliphatic heterocycles. The smallest absolute Gasteiger partial charge is 0.340 e. The van der Waals surface area contributed by atoms with E-state index in [1.807, 2.05) is 0 Å². The highest BCUT2D eigenvalue weighted by molar-refractivity contribution is 7.89. The number of carboxylic acids is 1. The maximum absolute atomic E-state index is 12.4. The summed E-state index contributed by atoms with van der Waals surface area (Å²) in [5.74, 6) is -0.747. The van der Waals surface area contributed by atoms with Crippen molar-refractivity contribution in [1.82, 2.24) is 14.5 Å². The van der Waals surface area contributed by atoms with Gasteiger partial charge in [0.1, 0.15) is 5.56 Å². The van der Waals surface area contributed by atoms with Crippen LogP contribution >= 0.6 is 0 Å². The number of nitrogens with zero attached hydrogens (tertiary/aromatic N) is 2. The Labute approximate surface area is 111 Å². The zero-order chi connectivity index (χ0) is 14.0. The van der Waals surface area contributed by atoms with Crippen LogP contribution in [-0.4, -0.2) is 47.1 Å². The second-order valence-electron chi connectivity index (χ2n) is 4.67. The van der Waals surface area contributed by atoms with Crippen LogP contribution in [0.4, 0.5) is 0 Å². The van der Waals surface area contributed by atoms with E-state index >= 15 is 0 Å². The molecule has 2 heterocycles. The maximum atomic E-state index is 12.4. The molecule has 1 aliphatic rings. The minimum atomic E-state index is -3.79. The first-order valence-electron chi connectivity index (χ1n) is 6.23. The van der Waals surface area contributed by atoms with Crippen LogP contribution in [0.5, 0.6) is 0 Å². The van der Waals surface area contributed by atoms with Gasteiger partial charge >= 0.3 is 5.97 Å². The van der Waals surface area contributed by atoms with Crippen LogP contribution in [0.15, 0.2) is 11.2 Å². The summed E-state index contributed by atoms with van der Waals surface area (Å²) in [5.41, 5.74) is -0.308. The lowest BCUT2D eigenvalue weighted by molar-refractivity contribution is 0.0692. The van der Waals surface area contributed by atoms with E-state index < -0.39 is 16.0 Å². The summed E-state index contributed by atoms with van der Waals surface area (Å²) in [6.45, 7) is 2.95. The Bertz CT molecular complexity index is 558. The van der Waals surface area contributed by atoms with Crippen LogP contribution < -0.4 is 0 Å². The highest BCUT2D eigenvalue weighted by atomic mass is 32.2. The van der Waals surface area contributed by atoms with Crippen LogP contribution in [0.1, 0.15) is 36.5 Å². The number of nitrogens with one attached hydrogen (secondary N) is 1. The van der Waals surface area contributed by atoms with Gasteiger partial charge in [0.05, 0.1) is 6.20 Å². The molecule has 19 heavy (non-hydrogen) atoms. The number of aromatic carboxylic acids is 1. The summed E-state index contributed by atoms with van der Waals surface area (Å²) in [6.07, 6.45) is 3.69. The van der Waals surface area contributed by atoms with Crippen molar-refractivity contribution in [3.05, 3.63) is 11.8 Å². The predicted molar refractivity (Wildman–Crippen MR) is 67.3 cm³/mol. The first-order valence-corrected chi connectivity index (χ1v) is 7.67. The van der Waals surface area contributed by atoms with E-state index in [9.17, 15) is 13.2 Å². The third kappa shape index (κ3) is 2.64. The van der Waals surface area contributed by atoms with Gasteiger partial charge in [-0.25, -0.2) is 13.2 Å². The molecule has 7 nitrogen and oxygen atoms in total. The van der Waals surface area contributed by atoms with E-state index in [2.05, 4.69) is 17.1 Å². The fourth-order valence-electron chi connectivity index (χ4n) is 2.31. The van der Waals surface area contributed by atoms with E-state index in [0.29, 0.717) is 19.0 Å². The molecule has 2 rings (SSSR count). The van der Waals surface area contributed by atoms with Crippen LogP contribution in [0.3, 0.4) is 0 Å². The number of aromatic amines is 1. The molecule has 1 fully saturated rings. The molecule has 106 valence electrons. The maximum Gasteiger partial charge on any atom is 0.340 e. The molecule has 0 bridgehead atoms. The Hall–Kier alpha value is -1.41. The summed E-state index contributed by atoms with van der Waals surface area (Å²) >= 11 is 0. The lowest BCUT2D eigenvalue weighted by atomic mass is 9.96. The third-order valence-electron chi connectivity index (χ3n) is 3.58. The van der Waals surface area contributed by atoms with E-state index in [4.69, 9.17) is 5.11 Å². The summed E-state index contributed by atoms with van der Waals surface area (Å²) < 4.78 is 26.1. The normalized spacial score (nSPS) is 18.6. The number of carbonyl (C=O) groups is 1. The second-order valence-corrected chi connectivity index (χ2v) is 6.55.